The number of hydrogen-bond donors (Lipinski definition) is 2. The van der Waals surface area contributed by atoms with E-state index in [0.717, 1.165) is 6.42 Å². The first-order chi connectivity index (χ1) is 11.4. The molecule has 3 fully saturated rings. The zero-order chi connectivity index (χ0) is 17.1. The largest absolute Gasteiger partial charge is 0.465 e. The van der Waals surface area contributed by atoms with Gasteiger partial charge in [-0.3, -0.25) is 9.69 Å². The SMILES string of the molecule is O=C(NC1(c2cccc(Cl)c2F)COC1)[C@@H]1C[C@H]2C[C@H]2N1C(=O)O. The van der Waals surface area contributed by atoms with Crippen LogP contribution in [0, 0.1) is 11.7 Å². The number of fused-ring (bicyclic) bond motifs is 1. The van der Waals surface area contributed by atoms with Crippen LogP contribution in [0.25, 0.3) is 0 Å². The molecule has 0 unspecified atom stereocenters. The third-order valence-electron chi connectivity index (χ3n) is 5.15. The van der Waals surface area contributed by atoms with Crippen LogP contribution >= 0.6 is 11.6 Å². The highest BCUT2D eigenvalue weighted by atomic mass is 35.5. The number of halogens is 2. The van der Waals surface area contributed by atoms with Crippen LogP contribution in [0.5, 0.6) is 0 Å². The third kappa shape index (κ3) is 2.26. The molecular formula is C16H16ClFN2O4. The molecule has 2 amide bonds. The minimum Gasteiger partial charge on any atom is -0.465 e. The van der Waals surface area contributed by atoms with Gasteiger partial charge in [0.05, 0.1) is 18.2 Å². The molecule has 1 aromatic carbocycles. The number of carbonyl (C=O) groups is 2. The zero-order valence-corrected chi connectivity index (χ0v) is 13.4. The molecule has 3 atom stereocenters. The van der Waals surface area contributed by atoms with Gasteiger partial charge in [0.15, 0.2) is 0 Å². The first-order valence-electron chi connectivity index (χ1n) is 7.78. The van der Waals surface area contributed by atoms with Gasteiger partial charge in [0, 0.05) is 11.6 Å². The summed E-state index contributed by atoms with van der Waals surface area (Å²) in [7, 11) is 0. The monoisotopic (exact) mass is 354 g/mol. The second-order valence-electron chi connectivity index (χ2n) is 6.67. The lowest BCUT2D eigenvalue weighted by molar-refractivity contribution is -0.138. The highest BCUT2D eigenvalue weighted by Gasteiger charge is 2.57. The van der Waals surface area contributed by atoms with Crippen LogP contribution in [0.4, 0.5) is 9.18 Å². The molecule has 0 radical (unpaired) electrons. The number of amides is 2. The van der Waals surface area contributed by atoms with Gasteiger partial charge in [0.1, 0.15) is 17.4 Å². The van der Waals surface area contributed by atoms with Gasteiger partial charge in [0.25, 0.3) is 0 Å². The summed E-state index contributed by atoms with van der Waals surface area (Å²) in [6.45, 7) is 0.255. The van der Waals surface area contributed by atoms with Gasteiger partial charge < -0.3 is 15.2 Å². The average Bonchev–Trinajstić information content (AvgIpc) is 3.15. The van der Waals surface area contributed by atoms with Gasteiger partial charge in [-0.05, 0) is 24.8 Å². The lowest BCUT2D eigenvalue weighted by Gasteiger charge is -2.43. The Morgan fingerprint density at radius 1 is 1.38 bits per heavy atom. The summed E-state index contributed by atoms with van der Waals surface area (Å²) in [6.07, 6.45) is 0.235. The van der Waals surface area contributed by atoms with Crippen LogP contribution in [-0.4, -0.2) is 47.3 Å². The van der Waals surface area contributed by atoms with E-state index in [9.17, 15) is 19.1 Å². The molecule has 4 rings (SSSR count). The lowest BCUT2D eigenvalue weighted by atomic mass is 9.87. The number of likely N-dealkylation sites (tertiary alicyclic amines) is 1. The first kappa shape index (κ1) is 15.7. The summed E-state index contributed by atoms with van der Waals surface area (Å²) < 4.78 is 19.6. The number of carbonyl (C=O) groups excluding carboxylic acids is 1. The van der Waals surface area contributed by atoms with Crippen LogP contribution < -0.4 is 5.32 Å². The van der Waals surface area contributed by atoms with Gasteiger partial charge in [-0.2, -0.15) is 0 Å². The van der Waals surface area contributed by atoms with Crippen molar-refractivity contribution in [1.29, 1.82) is 0 Å². The Morgan fingerprint density at radius 2 is 2.12 bits per heavy atom. The highest BCUT2D eigenvalue weighted by molar-refractivity contribution is 6.30. The molecule has 1 saturated carbocycles. The number of hydrogen-bond acceptors (Lipinski definition) is 3. The number of rotatable bonds is 3. The Labute approximate surface area is 142 Å². The Kier molecular flexibility index (Phi) is 3.47. The molecule has 0 aromatic heterocycles. The standard InChI is InChI=1S/C16H16ClFN2O4/c17-10-3-1-2-9(13(10)18)16(6-24-7-16)19-14(21)12-5-8-4-11(8)20(12)15(22)23/h1-3,8,11-12H,4-7H2,(H,19,21)(H,22,23)/t8-,11-,12+/m1/s1. The van der Waals surface area contributed by atoms with Gasteiger partial charge in [-0.25, -0.2) is 9.18 Å². The molecule has 128 valence electrons. The smallest absolute Gasteiger partial charge is 0.408 e. The van der Waals surface area contributed by atoms with Crippen molar-refractivity contribution in [2.75, 3.05) is 13.2 Å². The van der Waals surface area contributed by atoms with E-state index >= 15 is 0 Å². The summed E-state index contributed by atoms with van der Waals surface area (Å²) in [5, 5.41) is 12.1. The maximum Gasteiger partial charge on any atom is 0.408 e. The van der Waals surface area contributed by atoms with Crippen molar-refractivity contribution in [1.82, 2.24) is 10.2 Å². The zero-order valence-electron chi connectivity index (χ0n) is 12.7. The van der Waals surface area contributed by atoms with Gasteiger partial charge >= 0.3 is 6.09 Å². The Hall–Kier alpha value is -1.86. The second-order valence-corrected chi connectivity index (χ2v) is 7.08. The van der Waals surface area contributed by atoms with E-state index in [-0.39, 0.29) is 35.8 Å². The molecule has 1 aromatic rings. The fourth-order valence-corrected chi connectivity index (χ4v) is 3.93. The summed E-state index contributed by atoms with van der Waals surface area (Å²) in [6, 6.07) is 3.82. The third-order valence-corrected chi connectivity index (χ3v) is 5.45. The summed E-state index contributed by atoms with van der Waals surface area (Å²) in [4.78, 5) is 25.3. The number of nitrogens with zero attached hydrogens (tertiary/aromatic N) is 1. The fourth-order valence-electron chi connectivity index (χ4n) is 3.76. The topological polar surface area (TPSA) is 78.9 Å². The van der Waals surface area contributed by atoms with Crippen molar-refractivity contribution in [3.8, 4) is 0 Å². The normalized spacial score (nSPS) is 29.6. The number of benzene rings is 1. The molecule has 3 aliphatic rings. The van der Waals surface area contributed by atoms with Crippen molar-refractivity contribution in [2.24, 2.45) is 5.92 Å². The predicted octanol–water partition coefficient (Wildman–Crippen LogP) is 1.96. The van der Waals surface area contributed by atoms with Crippen molar-refractivity contribution >= 4 is 23.6 Å². The van der Waals surface area contributed by atoms with E-state index in [0.29, 0.717) is 6.42 Å². The molecule has 24 heavy (non-hydrogen) atoms. The summed E-state index contributed by atoms with van der Waals surface area (Å²) in [5.41, 5.74) is -0.733. The van der Waals surface area contributed by atoms with E-state index in [2.05, 4.69) is 5.32 Å². The molecular weight excluding hydrogens is 339 g/mol. The first-order valence-corrected chi connectivity index (χ1v) is 8.16. The molecule has 8 heteroatoms. The van der Waals surface area contributed by atoms with E-state index in [1.165, 1.54) is 11.0 Å². The number of nitrogens with one attached hydrogen (secondary N) is 1. The molecule has 6 nitrogen and oxygen atoms in total. The minimum absolute atomic E-state index is 0.0257. The maximum atomic E-state index is 14.4. The van der Waals surface area contributed by atoms with Crippen molar-refractivity contribution in [2.45, 2.75) is 30.5 Å². The summed E-state index contributed by atoms with van der Waals surface area (Å²) >= 11 is 5.84. The van der Waals surface area contributed by atoms with Crippen LogP contribution in [-0.2, 0) is 15.1 Å². The summed E-state index contributed by atoms with van der Waals surface area (Å²) in [5.74, 6) is -0.743. The molecule has 0 spiro atoms. The quantitative estimate of drug-likeness (QED) is 0.869. The minimum atomic E-state index is -1.09. The van der Waals surface area contributed by atoms with Gasteiger partial charge in [0.2, 0.25) is 5.91 Å². The van der Waals surface area contributed by atoms with E-state index in [1.807, 2.05) is 0 Å². The number of carboxylic acid groups (broad SMARTS) is 1. The maximum absolute atomic E-state index is 14.4. The van der Waals surface area contributed by atoms with Crippen molar-refractivity contribution in [3.63, 3.8) is 0 Å². The van der Waals surface area contributed by atoms with Crippen LogP contribution in [0.1, 0.15) is 18.4 Å². The highest BCUT2D eigenvalue weighted by Crippen LogP contribution is 2.48. The molecule has 0 bridgehead atoms. The van der Waals surface area contributed by atoms with Gasteiger partial charge in [-0.15, -0.1) is 0 Å². The average molecular weight is 355 g/mol. The van der Waals surface area contributed by atoms with Gasteiger partial charge in [-0.1, -0.05) is 23.7 Å². The Morgan fingerprint density at radius 3 is 2.75 bits per heavy atom. The van der Waals surface area contributed by atoms with Crippen LogP contribution in [0.3, 0.4) is 0 Å². The van der Waals surface area contributed by atoms with Crippen molar-refractivity contribution < 1.29 is 23.8 Å². The van der Waals surface area contributed by atoms with Crippen LogP contribution in [0.15, 0.2) is 18.2 Å². The predicted molar refractivity (Wildman–Crippen MR) is 82.2 cm³/mol. The molecule has 2 aliphatic heterocycles. The number of piperidine rings is 1. The van der Waals surface area contributed by atoms with Crippen LogP contribution in [0.2, 0.25) is 5.02 Å². The molecule has 2 saturated heterocycles. The second kappa shape index (κ2) is 5.32. The van der Waals surface area contributed by atoms with E-state index in [1.54, 1.807) is 12.1 Å². The van der Waals surface area contributed by atoms with Crippen molar-refractivity contribution in [3.05, 3.63) is 34.6 Å². The lowest BCUT2D eigenvalue weighted by Crippen LogP contribution is -2.63. The van der Waals surface area contributed by atoms with E-state index < -0.39 is 29.4 Å². The number of ether oxygens (including phenoxy) is 1. The molecule has 2 N–H and O–H groups in total. The Bertz CT molecular complexity index is 724. The van der Waals surface area contributed by atoms with E-state index in [4.69, 9.17) is 16.3 Å². The fraction of sp³-hybridized carbons (Fsp3) is 0.500. The molecule has 1 aliphatic carbocycles. The molecule has 2 heterocycles. The Balaban J connectivity index is 1.58.